The van der Waals surface area contributed by atoms with Crippen LogP contribution in [0.3, 0.4) is 0 Å². The van der Waals surface area contributed by atoms with Gasteiger partial charge in [-0.05, 0) is 79.8 Å². The number of amides is 1. The third-order valence-electron chi connectivity index (χ3n) is 5.87. The summed E-state index contributed by atoms with van der Waals surface area (Å²) < 4.78 is 2.37. The summed E-state index contributed by atoms with van der Waals surface area (Å²) in [7, 11) is 0. The first kappa shape index (κ1) is 21.2. The molecule has 3 aromatic carbocycles. The van der Waals surface area contributed by atoms with Crippen molar-refractivity contribution in [1.29, 1.82) is 0 Å². The number of anilines is 1. The normalized spacial score (nSPS) is 11.1. The number of fused-ring (bicyclic) bond motifs is 1. The zero-order valence-electron chi connectivity index (χ0n) is 18.0. The van der Waals surface area contributed by atoms with Gasteiger partial charge in [-0.1, -0.05) is 36.4 Å². The summed E-state index contributed by atoms with van der Waals surface area (Å²) in [5, 5.41) is 4.23. The van der Waals surface area contributed by atoms with E-state index in [0.717, 1.165) is 25.1 Å². The summed E-state index contributed by atoms with van der Waals surface area (Å²) in [6.45, 7) is 5.33. The van der Waals surface area contributed by atoms with Crippen LogP contribution in [0.15, 0.2) is 72.8 Å². The second-order valence-corrected chi connectivity index (χ2v) is 8.33. The van der Waals surface area contributed by atoms with Gasteiger partial charge in [0.2, 0.25) is 0 Å². The number of benzene rings is 3. The maximum atomic E-state index is 12.5. The van der Waals surface area contributed by atoms with E-state index in [1.165, 1.54) is 33.3 Å². The van der Waals surface area contributed by atoms with Gasteiger partial charge in [0.1, 0.15) is 0 Å². The summed E-state index contributed by atoms with van der Waals surface area (Å²) in [5.41, 5.74) is 7.83. The molecule has 0 unspecified atom stereocenters. The molecule has 1 N–H and O–H groups in total. The minimum absolute atomic E-state index is 0.0939. The number of alkyl halides is 1. The lowest BCUT2D eigenvalue weighted by Gasteiger charge is -2.08. The number of halogens is 1. The van der Waals surface area contributed by atoms with E-state index < -0.39 is 0 Å². The highest BCUT2D eigenvalue weighted by Gasteiger charge is 2.12. The van der Waals surface area contributed by atoms with Gasteiger partial charge in [0, 0.05) is 40.3 Å². The van der Waals surface area contributed by atoms with E-state index in [1.54, 1.807) is 0 Å². The predicted octanol–water partition coefficient (Wildman–Crippen LogP) is 6.73. The average Bonchev–Trinajstić information content (AvgIpc) is 3.03. The van der Waals surface area contributed by atoms with E-state index in [2.05, 4.69) is 41.9 Å². The van der Waals surface area contributed by atoms with E-state index in [9.17, 15) is 4.79 Å². The van der Waals surface area contributed by atoms with Crippen LogP contribution in [0, 0.1) is 13.8 Å². The maximum Gasteiger partial charge on any atom is 0.255 e. The fourth-order valence-electron chi connectivity index (χ4n) is 4.05. The standard InChI is InChI=1S/C27H27ClN2O/c1-19-20(2)30(16-6-15-28)26-14-11-22(18-25(19)26)17-21-9-12-23(13-10-21)27(31)29-24-7-4-3-5-8-24/h3-5,7-14,18H,6,15-17H2,1-2H3,(H,29,31). The molecular weight excluding hydrogens is 404 g/mol. The number of para-hydroxylation sites is 1. The second kappa shape index (κ2) is 9.40. The van der Waals surface area contributed by atoms with Crippen molar-refractivity contribution in [3.8, 4) is 0 Å². The van der Waals surface area contributed by atoms with E-state index in [-0.39, 0.29) is 5.91 Å². The molecule has 1 heterocycles. The summed E-state index contributed by atoms with van der Waals surface area (Å²) in [5.74, 6) is 0.582. The van der Waals surface area contributed by atoms with E-state index in [0.29, 0.717) is 11.4 Å². The van der Waals surface area contributed by atoms with Crippen molar-refractivity contribution in [2.75, 3.05) is 11.2 Å². The fourth-order valence-corrected chi connectivity index (χ4v) is 4.17. The minimum atomic E-state index is -0.0939. The van der Waals surface area contributed by atoms with Crippen LogP contribution in [0.25, 0.3) is 10.9 Å². The van der Waals surface area contributed by atoms with Gasteiger partial charge in [0.15, 0.2) is 0 Å². The molecule has 4 aromatic rings. The smallest absolute Gasteiger partial charge is 0.255 e. The third-order valence-corrected chi connectivity index (χ3v) is 6.14. The summed E-state index contributed by atoms with van der Waals surface area (Å²) in [6.07, 6.45) is 1.80. The molecule has 0 aliphatic heterocycles. The second-order valence-electron chi connectivity index (χ2n) is 7.95. The highest BCUT2D eigenvalue weighted by molar-refractivity contribution is 6.17. The summed E-state index contributed by atoms with van der Waals surface area (Å²) in [6, 6.07) is 24.1. The zero-order valence-corrected chi connectivity index (χ0v) is 18.7. The lowest BCUT2D eigenvalue weighted by molar-refractivity contribution is 0.102. The number of hydrogen-bond acceptors (Lipinski definition) is 1. The van der Waals surface area contributed by atoms with Crippen molar-refractivity contribution in [3.05, 3.63) is 101 Å². The van der Waals surface area contributed by atoms with Crippen LogP contribution in [0.1, 0.15) is 39.2 Å². The number of carbonyl (C=O) groups excluding carboxylic acids is 1. The number of aryl methyl sites for hydroxylation is 2. The maximum absolute atomic E-state index is 12.5. The summed E-state index contributed by atoms with van der Waals surface area (Å²) >= 11 is 5.91. The number of carbonyl (C=O) groups is 1. The van der Waals surface area contributed by atoms with Crippen molar-refractivity contribution in [2.45, 2.75) is 33.2 Å². The van der Waals surface area contributed by atoms with Crippen LogP contribution in [0.2, 0.25) is 0 Å². The van der Waals surface area contributed by atoms with Crippen molar-refractivity contribution < 1.29 is 4.79 Å². The molecule has 158 valence electrons. The van der Waals surface area contributed by atoms with Crippen LogP contribution in [0.5, 0.6) is 0 Å². The molecule has 1 amide bonds. The molecule has 4 rings (SSSR count). The molecule has 1 aromatic heterocycles. The Kier molecular flexibility index (Phi) is 6.43. The molecule has 3 nitrogen and oxygen atoms in total. The molecule has 0 spiro atoms. The number of aromatic nitrogens is 1. The van der Waals surface area contributed by atoms with Gasteiger partial charge in [0.05, 0.1) is 0 Å². The van der Waals surface area contributed by atoms with Crippen LogP contribution >= 0.6 is 11.6 Å². The molecule has 0 aliphatic rings. The largest absolute Gasteiger partial charge is 0.345 e. The van der Waals surface area contributed by atoms with Crippen LogP contribution in [-0.4, -0.2) is 16.4 Å². The third kappa shape index (κ3) is 4.67. The average molecular weight is 431 g/mol. The van der Waals surface area contributed by atoms with Crippen LogP contribution in [-0.2, 0) is 13.0 Å². The van der Waals surface area contributed by atoms with Crippen molar-refractivity contribution in [1.82, 2.24) is 4.57 Å². The Bertz CT molecular complexity index is 1190. The van der Waals surface area contributed by atoms with E-state index in [4.69, 9.17) is 11.6 Å². The molecule has 0 saturated heterocycles. The Labute approximate surface area is 188 Å². The first-order valence-corrected chi connectivity index (χ1v) is 11.2. The Morgan fingerprint density at radius 1 is 0.935 bits per heavy atom. The van der Waals surface area contributed by atoms with Crippen LogP contribution < -0.4 is 5.32 Å². The quantitative estimate of drug-likeness (QED) is 0.324. The molecular formula is C27H27ClN2O. The molecule has 0 fully saturated rings. The summed E-state index contributed by atoms with van der Waals surface area (Å²) in [4.78, 5) is 12.5. The van der Waals surface area contributed by atoms with Gasteiger partial charge < -0.3 is 9.88 Å². The molecule has 0 saturated carbocycles. The lowest BCUT2D eigenvalue weighted by atomic mass is 10.0. The number of nitrogens with one attached hydrogen (secondary N) is 1. The number of hydrogen-bond donors (Lipinski definition) is 1. The minimum Gasteiger partial charge on any atom is -0.345 e. The Balaban J connectivity index is 1.50. The van der Waals surface area contributed by atoms with E-state index in [1.807, 2.05) is 54.6 Å². The molecule has 0 aliphatic carbocycles. The topological polar surface area (TPSA) is 34.0 Å². The molecule has 4 heteroatoms. The van der Waals surface area contributed by atoms with Crippen molar-refractivity contribution in [2.24, 2.45) is 0 Å². The van der Waals surface area contributed by atoms with Crippen molar-refractivity contribution in [3.63, 3.8) is 0 Å². The van der Waals surface area contributed by atoms with Gasteiger partial charge in [-0.2, -0.15) is 0 Å². The molecule has 0 radical (unpaired) electrons. The zero-order chi connectivity index (χ0) is 21.8. The fraction of sp³-hybridized carbons (Fsp3) is 0.222. The first-order chi connectivity index (χ1) is 15.1. The van der Waals surface area contributed by atoms with Crippen molar-refractivity contribution >= 4 is 34.1 Å². The molecule has 31 heavy (non-hydrogen) atoms. The number of rotatable bonds is 7. The van der Waals surface area contributed by atoms with Gasteiger partial charge in [-0.15, -0.1) is 11.6 Å². The van der Waals surface area contributed by atoms with Gasteiger partial charge in [-0.3, -0.25) is 4.79 Å². The Morgan fingerprint density at radius 3 is 2.35 bits per heavy atom. The monoisotopic (exact) mass is 430 g/mol. The first-order valence-electron chi connectivity index (χ1n) is 10.7. The Hall–Kier alpha value is -3.04. The highest BCUT2D eigenvalue weighted by atomic mass is 35.5. The molecule has 0 atom stereocenters. The van der Waals surface area contributed by atoms with E-state index >= 15 is 0 Å². The lowest BCUT2D eigenvalue weighted by Crippen LogP contribution is -2.11. The molecule has 0 bridgehead atoms. The number of nitrogens with zero attached hydrogens (tertiary/aromatic N) is 1. The van der Waals surface area contributed by atoms with Gasteiger partial charge in [-0.25, -0.2) is 0 Å². The predicted molar refractivity (Wildman–Crippen MR) is 130 cm³/mol. The van der Waals surface area contributed by atoms with Crippen LogP contribution in [0.4, 0.5) is 5.69 Å². The Morgan fingerprint density at radius 2 is 1.65 bits per heavy atom. The SMILES string of the molecule is Cc1c(C)n(CCCCl)c2ccc(Cc3ccc(C(=O)Nc4ccccc4)cc3)cc12. The highest BCUT2D eigenvalue weighted by Crippen LogP contribution is 2.27. The van der Waals surface area contributed by atoms with Gasteiger partial charge >= 0.3 is 0 Å². The van der Waals surface area contributed by atoms with Gasteiger partial charge in [0.25, 0.3) is 5.91 Å².